The summed E-state index contributed by atoms with van der Waals surface area (Å²) in [6, 6.07) is 17.4. The third-order valence-electron chi connectivity index (χ3n) is 1.51. The molecule has 0 fully saturated rings. The van der Waals surface area contributed by atoms with Crippen molar-refractivity contribution in [1.82, 2.24) is 0 Å². The first-order valence-corrected chi connectivity index (χ1v) is 6.29. The van der Waals surface area contributed by atoms with E-state index in [0.717, 1.165) is 0 Å². The molecular formula is C16H24O3. The second-order valence-corrected chi connectivity index (χ2v) is 2.99. The number of aliphatic hydroxyl groups excluding tert-OH is 1. The molecule has 0 saturated heterocycles. The van der Waals surface area contributed by atoms with E-state index >= 15 is 0 Å². The second kappa shape index (κ2) is 16.0. The predicted molar refractivity (Wildman–Crippen MR) is 80.3 cm³/mol. The zero-order valence-electron chi connectivity index (χ0n) is 11.8. The van der Waals surface area contributed by atoms with Gasteiger partial charge >= 0.3 is 0 Å². The maximum Gasteiger partial charge on any atom is 0.115 e. The molecule has 106 valence electrons. The topological polar surface area (TPSA) is 60.7 Å². The lowest BCUT2D eigenvalue weighted by molar-refractivity contribution is 0.318. The number of aromatic hydroxyl groups is 2. The van der Waals surface area contributed by atoms with Crippen LogP contribution < -0.4 is 0 Å². The van der Waals surface area contributed by atoms with E-state index in [1.807, 2.05) is 26.0 Å². The van der Waals surface area contributed by atoms with Gasteiger partial charge in [0.05, 0.1) is 0 Å². The number of benzene rings is 2. The van der Waals surface area contributed by atoms with Crippen LogP contribution in [0.4, 0.5) is 0 Å². The van der Waals surface area contributed by atoms with Gasteiger partial charge in [0.1, 0.15) is 11.5 Å². The van der Waals surface area contributed by atoms with Crippen molar-refractivity contribution in [2.45, 2.75) is 20.8 Å². The number of para-hydroxylation sites is 2. The van der Waals surface area contributed by atoms with Crippen LogP contribution in [0.25, 0.3) is 0 Å². The Hall–Kier alpha value is -2.00. The van der Waals surface area contributed by atoms with Gasteiger partial charge in [-0.3, -0.25) is 0 Å². The molecule has 3 N–H and O–H groups in total. The number of aliphatic hydroxyl groups is 1. The van der Waals surface area contributed by atoms with Gasteiger partial charge in [-0.15, -0.1) is 0 Å². The first-order chi connectivity index (χ1) is 9.20. The molecule has 19 heavy (non-hydrogen) atoms. The first-order valence-electron chi connectivity index (χ1n) is 6.29. The van der Waals surface area contributed by atoms with Gasteiger partial charge in [-0.05, 0) is 31.2 Å². The Bertz CT molecular complexity index is 323. The maximum absolute atomic E-state index is 8.63. The fourth-order valence-corrected chi connectivity index (χ4v) is 0.856. The van der Waals surface area contributed by atoms with Crippen molar-refractivity contribution < 1.29 is 15.3 Å². The fraction of sp³-hybridized carbons (Fsp3) is 0.250. The van der Waals surface area contributed by atoms with Crippen molar-refractivity contribution in [3.8, 4) is 11.5 Å². The molecule has 0 heterocycles. The van der Waals surface area contributed by atoms with Gasteiger partial charge in [0.15, 0.2) is 0 Å². The number of hydrogen-bond donors (Lipinski definition) is 3. The molecule has 0 amide bonds. The van der Waals surface area contributed by atoms with Crippen molar-refractivity contribution in [2.75, 3.05) is 6.61 Å². The quantitative estimate of drug-likeness (QED) is 0.678. The van der Waals surface area contributed by atoms with E-state index in [1.165, 1.54) is 0 Å². The zero-order valence-corrected chi connectivity index (χ0v) is 11.8. The van der Waals surface area contributed by atoms with Crippen LogP contribution in [0.15, 0.2) is 60.7 Å². The molecular weight excluding hydrogens is 240 g/mol. The number of hydrogen-bond acceptors (Lipinski definition) is 3. The van der Waals surface area contributed by atoms with E-state index in [2.05, 4.69) is 0 Å². The first kappa shape index (κ1) is 19.3. The summed E-state index contributed by atoms with van der Waals surface area (Å²) in [5, 5.41) is 24.8. The summed E-state index contributed by atoms with van der Waals surface area (Å²) in [4.78, 5) is 0. The standard InChI is InChI=1S/2C6H6O.C2H6O.C2H6/c2*7-6-4-2-1-3-5-6;1-2-3;1-2/h2*1-5,7H;3H,2H2,1H3;1-2H3. The van der Waals surface area contributed by atoms with E-state index in [-0.39, 0.29) is 6.61 Å². The highest BCUT2D eigenvalue weighted by Crippen LogP contribution is 2.03. The molecule has 2 aromatic carbocycles. The molecule has 2 rings (SSSR count). The smallest absolute Gasteiger partial charge is 0.115 e. The highest BCUT2D eigenvalue weighted by Gasteiger charge is 1.75. The SMILES string of the molecule is CC.CCO.Oc1ccccc1.Oc1ccccc1. The Balaban J connectivity index is 0. The highest BCUT2D eigenvalue weighted by molar-refractivity contribution is 5.19. The van der Waals surface area contributed by atoms with Gasteiger partial charge in [-0.1, -0.05) is 50.2 Å². The summed E-state index contributed by atoms with van der Waals surface area (Å²) in [5.41, 5.74) is 0. The van der Waals surface area contributed by atoms with Crippen LogP contribution in [0.2, 0.25) is 0 Å². The van der Waals surface area contributed by atoms with Crippen molar-refractivity contribution >= 4 is 0 Å². The summed E-state index contributed by atoms with van der Waals surface area (Å²) < 4.78 is 0. The van der Waals surface area contributed by atoms with Crippen molar-refractivity contribution in [3.63, 3.8) is 0 Å². The maximum atomic E-state index is 8.63. The molecule has 0 aromatic heterocycles. The van der Waals surface area contributed by atoms with E-state index in [1.54, 1.807) is 55.5 Å². The van der Waals surface area contributed by atoms with Crippen LogP contribution in [0.3, 0.4) is 0 Å². The van der Waals surface area contributed by atoms with Crippen LogP contribution in [-0.4, -0.2) is 21.9 Å². The minimum Gasteiger partial charge on any atom is -0.508 e. The average molecular weight is 264 g/mol. The molecule has 0 bridgehead atoms. The van der Waals surface area contributed by atoms with Crippen LogP contribution in [0, 0.1) is 0 Å². The summed E-state index contributed by atoms with van der Waals surface area (Å²) >= 11 is 0. The van der Waals surface area contributed by atoms with Crippen molar-refractivity contribution in [2.24, 2.45) is 0 Å². The molecule has 0 aliphatic heterocycles. The van der Waals surface area contributed by atoms with Gasteiger partial charge in [-0.25, -0.2) is 0 Å². The van der Waals surface area contributed by atoms with Crippen LogP contribution in [0.1, 0.15) is 20.8 Å². The molecule has 0 radical (unpaired) electrons. The van der Waals surface area contributed by atoms with Gasteiger partial charge in [0.2, 0.25) is 0 Å². The Morgan fingerprint density at radius 3 is 1.00 bits per heavy atom. The minimum atomic E-state index is 0.250. The highest BCUT2D eigenvalue weighted by atomic mass is 16.3. The Morgan fingerprint density at radius 1 is 0.684 bits per heavy atom. The second-order valence-electron chi connectivity index (χ2n) is 2.99. The average Bonchev–Trinajstić information content (AvgIpc) is 2.44. The van der Waals surface area contributed by atoms with Gasteiger partial charge in [-0.2, -0.15) is 0 Å². The molecule has 3 heteroatoms. The normalized spacial score (nSPS) is 7.58. The van der Waals surface area contributed by atoms with E-state index < -0.39 is 0 Å². The number of phenolic OH excluding ortho intramolecular Hbond substituents is 2. The van der Waals surface area contributed by atoms with Gasteiger partial charge < -0.3 is 15.3 Å². The largest absolute Gasteiger partial charge is 0.508 e. The summed E-state index contributed by atoms with van der Waals surface area (Å²) in [7, 11) is 0. The monoisotopic (exact) mass is 264 g/mol. The van der Waals surface area contributed by atoms with Crippen LogP contribution in [0.5, 0.6) is 11.5 Å². The Kier molecular flexibility index (Phi) is 16.3. The van der Waals surface area contributed by atoms with Gasteiger partial charge in [0.25, 0.3) is 0 Å². The number of rotatable bonds is 0. The van der Waals surface area contributed by atoms with Crippen molar-refractivity contribution in [3.05, 3.63) is 60.7 Å². The van der Waals surface area contributed by atoms with Crippen LogP contribution in [-0.2, 0) is 0 Å². The third-order valence-corrected chi connectivity index (χ3v) is 1.51. The molecule has 3 nitrogen and oxygen atoms in total. The molecule has 0 aliphatic carbocycles. The van der Waals surface area contributed by atoms with Gasteiger partial charge in [0, 0.05) is 6.61 Å². The predicted octanol–water partition coefficient (Wildman–Crippen LogP) is 3.81. The van der Waals surface area contributed by atoms with Crippen molar-refractivity contribution in [1.29, 1.82) is 0 Å². The summed E-state index contributed by atoms with van der Waals surface area (Å²) in [6.07, 6.45) is 0. The molecule has 0 aliphatic rings. The minimum absolute atomic E-state index is 0.250. The lowest BCUT2D eigenvalue weighted by Crippen LogP contribution is -1.57. The summed E-state index contributed by atoms with van der Waals surface area (Å²) in [5.74, 6) is 0.644. The lowest BCUT2D eigenvalue weighted by atomic mass is 10.3. The fourth-order valence-electron chi connectivity index (χ4n) is 0.856. The third kappa shape index (κ3) is 16.0. The van der Waals surface area contributed by atoms with Crippen LogP contribution >= 0.6 is 0 Å². The van der Waals surface area contributed by atoms with E-state index in [0.29, 0.717) is 11.5 Å². The molecule has 0 spiro atoms. The molecule has 0 atom stereocenters. The Morgan fingerprint density at radius 2 is 0.895 bits per heavy atom. The lowest BCUT2D eigenvalue weighted by Gasteiger charge is -1.82. The molecule has 0 unspecified atom stereocenters. The zero-order chi connectivity index (χ0) is 14.9. The molecule has 2 aromatic rings. The Labute approximate surface area is 115 Å². The van der Waals surface area contributed by atoms with E-state index in [9.17, 15) is 0 Å². The summed E-state index contributed by atoms with van der Waals surface area (Å²) in [6.45, 7) is 5.93. The number of phenols is 2. The van der Waals surface area contributed by atoms with E-state index in [4.69, 9.17) is 15.3 Å². The molecule has 0 saturated carbocycles.